The van der Waals surface area contributed by atoms with Gasteiger partial charge in [-0.3, -0.25) is 9.59 Å². The second kappa shape index (κ2) is 9.94. The average molecular weight is 362 g/mol. The Morgan fingerprint density at radius 3 is 2.12 bits per heavy atom. The van der Waals surface area contributed by atoms with Gasteiger partial charge in [0.2, 0.25) is 11.8 Å². The summed E-state index contributed by atoms with van der Waals surface area (Å²) in [6, 6.07) is 8.55. The van der Waals surface area contributed by atoms with Gasteiger partial charge < -0.3 is 15.7 Å². The molecule has 1 aromatic carbocycles. The molecule has 1 atom stereocenters. The number of nitrogens with one attached hydrogen (secondary N) is 2. The van der Waals surface area contributed by atoms with Crippen molar-refractivity contribution >= 4 is 17.8 Å². The lowest BCUT2D eigenvalue weighted by molar-refractivity contribution is -0.142. The topological polar surface area (TPSA) is 95.5 Å². The maximum atomic E-state index is 12.8. The first-order chi connectivity index (χ1) is 12.3. The van der Waals surface area contributed by atoms with Crippen LogP contribution in [0.2, 0.25) is 0 Å². The van der Waals surface area contributed by atoms with Gasteiger partial charge in [-0.2, -0.15) is 0 Å². The summed E-state index contributed by atoms with van der Waals surface area (Å²) >= 11 is 0. The predicted octanol–water partition coefficient (Wildman–Crippen LogP) is 2.48. The lowest BCUT2D eigenvalue weighted by Crippen LogP contribution is -2.50. The van der Waals surface area contributed by atoms with Gasteiger partial charge in [0.1, 0.15) is 6.04 Å². The Hall–Kier alpha value is -2.37. The normalized spacial score (nSPS) is 12.5. The Labute approximate surface area is 155 Å². The van der Waals surface area contributed by atoms with Crippen LogP contribution in [0.5, 0.6) is 0 Å². The van der Waals surface area contributed by atoms with E-state index in [1.165, 1.54) is 0 Å². The number of aliphatic carboxylic acids is 1. The number of benzene rings is 1. The van der Waals surface area contributed by atoms with Crippen molar-refractivity contribution in [1.29, 1.82) is 0 Å². The van der Waals surface area contributed by atoms with Gasteiger partial charge in [-0.15, -0.1) is 0 Å². The van der Waals surface area contributed by atoms with Gasteiger partial charge in [-0.25, -0.2) is 4.79 Å². The van der Waals surface area contributed by atoms with Gasteiger partial charge in [0.15, 0.2) is 0 Å². The first kappa shape index (κ1) is 21.7. The molecule has 144 valence electrons. The van der Waals surface area contributed by atoms with Crippen molar-refractivity contribution < 1.29 is 19.5 Å². The molecule has 0 aliphatic rings. The molecule has 6 nitrogen and oxygen atoms in total. The van der Waals surface area contributed by atoms with Crippen LogP contribution in [-0.4, -0.2) is 35.5 Å². The van der Waals surface area contributed by atoms with Gasteiger partial charge in [-0.1, -0.05) is 58.0 Å². The summed E-state index contributed by atoms with van der Waals surface area (Å²) in [5, 5.41) is 14.4. The summed E-state index contributed by atoms with van der Waals surface area (Å²) < 4.78 is 0. The monoisotopic (exact) mass is 362 g/mol. The molecule has 0 aromatic heterocycles. The summed E-state index contributed by atoms with van der Waals surface area (Å²) in [5.74, 6) is -1.66. The van der Waals surface area contributed by atoms with Crippen LogP contribution in [0, 0.1) is 5.92 Å². The Morgan fingerprint density at radius 1 is 1.08 bits per heavy atom. The largest absolute Gasteiger partial charge is 0.480 e. The maximum Gasteiger partial charge on any atom is 0.326 e. The summed E-state index contributed by atoms with van der Waals surface area (Å²) in [6.07, 6.45) is 1.55. The molecular formula is C20H30N2O4. The molecule has 1 rings (SSSR count). The number of carbonyl (C=O) groups excluding carboxylic acids is 2. The molecule has 0 spiro atoms. The van der Waals surface area contributed by atoms with Crippen molar-refractivity contribution in [3.8, 4) is 0 Å². The van der Waals surface area contributed by atoms with Gasteiger partial charge in [-0.05, 0) is 30.7 Å². The van der Waals surface area contributed by atoms with Gasteiger partial charge in [0, 0.05) is 0 Å². The van der Waals surface area contributed by atoms with Crippen molar-refractivity contribution in [1.82, 2.24) is 10.6 Å². The minimum absolute atomic E-state index is 0.136. The molecule has 2 amide bonds. The average Bonchev–Trinajstić information content (AvgIpc) is 2.61. The van der Waals surface area contributed by atoms with Gasteiger partial charge in [0.05, 0.1) is 12.0 Å². The predicted molar refractivity (Wildman–Crippen MR) is 101 cm³/mol. The fourth-order valence-electron chi connectivity index (χ4n) is 3.14. The van der Waals surface area contributed by atoms with Crippen LogP contribution >= 0.6 is 0 Å². The molecule has 0 heterocycles. The summed E-state index contributed by atoms with van der Waals surface area (Å²) in [7, 11) is 0. The van der Waals surface area contributed by atoms with Gasteiger partial charge in [0.25, 0.3) is 0 Å². The van der Waals surface area contributed by atoms with Crippen LogP contribution in [0.25, 0.3) is 0 Å². The van der Waals surface area contributed by atoms with E-state index >= 15 is 0 Å². The second-order valence-electron chi connectivity index (χ2n) is 6.93. The van der Waals surface area contributed by atoms with Crippen molar-refractivity contribution in [3.63, 3.8) is 0 Å². The molecule has 6 heteroatoms. The zero-order valence-electron chi connectivity index (χ0n) is 16.0. The minimum atomic E-state index is -1.07. The fraction of sp³-hybridized carbons (Fsp3) is 0.550. The highest BCUT2D eigenvalue weighted by molar-refractivity contribution is 5.92. The zero-order chi connectivity index (χ0) is 19.7. The second-order valence-corrected chi connectivity index (χ2v) is 6.93. The van der Waals surface area contributed by atoms with E-state index in [9.17, 15) is 19.5 Å². The summed E-state index contributed by atoms with van der Waals surface area (Å²) in [4.78, 5) is 36.2. The summed E-state index contributed by atoms with van der Waals surface area (Å²) in [6.45, 7) is 7.43. The molecule has 0 bridgehead atoms. The van der Waals surface area contributed by atoms with Crippen LogP contribution < -0.4 is 10.6 Å². The van der Waals surface area contributed by atoms with E-state index in [0.717, 1.165) is 5.56 Å². The van der Waals surface area contributed by atoms with E-state index in [1.54, 1.807) is 0 Å². The van der Waals surface area contributed by atoms with Crippen molar-refractivity contribution in [2.24, 2.45) is 5.92 Å². The van der Waals surface area contributed by atoms with Crippen LogP contribution in [0.15, 0.2) is 30.3 Å². The molecular weight excluding hydrogens is 332 g/mol. The molecule has 3 N–H and O–H groups in total. The number of carbonyl (C=O) groups is 3. The molecule has 0 fully saturated rings. The van der Waals surface area contributed by atoms with Crippen molar-refractivity contribution in [3.05, 3.63) is 35.9 Å². The Bertz CT molecular complexity index is 609. The van der Waals surface area contributed by atoms with Crippen molar-refractivity contribution in [2.45, 2.75) is 58.4 Å². The highest BCUT2D eigenvalue weighted by Crippen LogP contribution is 2.31. The number of hydrogen-bond acceptors (Lipinski definition) is 3. The third-order valence-corrected chi connectivity index (χ3v) is 4.72. The molecule has 0 aliphatic carbocycles. The van der Waals surface area contributed by atoms with E-state index in [-0.39, 0.29) is 18.4 Å². The quantitative estimate of drug-likeness (QED) is 0.596. The third-order valence-electron chi connectivity index (χ3n) is 4.72. The molecule has 0 saturated carbocycles. The van der Waals surface area contributed by atoms with Crippen LogP contribution in [0.1, 0.15) is 52.5 Å². The van der Waals surface area contributed by atoms with E-state index in [0.29, 0.717) is 19.3 Å². The Balaban J connectivity index is 2.76. The lowest BCUT2D eigenvalue weighted by Gasteiger charge is -2.31. The number of amides is 2. The lowest BCUT2D eigenvalue weighted by atomic mass is 9.75. The molecule has 0 aliphatic heterocycles. The van der Waals surface area contributed by atoms with Gasteiger partial charge >= 0.3 is 5.97 Å². The standard InChI is InChI=1S/C20H30N2O4/c1-5-20(6-2,15-10-8-7-9-11-15)19(26)21-13-17(23)22-16(18(24)25)12-14(3)4/h7-11,14,16H,5-6,12-13H2,1-4H3,(H,21,26)(H,22,23)(H,24,25)/t16-/m0/s1. The molecule has 0 saturated heterocycles. The summed E-state index contributed by atoms with van der Waals surface area (Å²) in [5.41, 5.74) is 0.206. The SMILES string of the molecule is CCC(CC)(C(=O)NCC(=O)N[C@@H](CC(C)C)C(=O)O)c1ccccc1. The van der Waals surface area contributed by atoms with E-state index in [2.05, 4.69) is 10.6 Å². The number of hydrogen-bond donors (Lipinski definition) is 3. The Morgan fingerprint density at radius 2 is 1.65 bits per heavy atom. The smallest absolute Gasteiger partial charge is 0.326 e. The number of carboxylic acid groups (broad SMARTS) is 1. The fourth-order valence-corrected chi connectivity index (χ4v) is 3.14. The number of rotatable bonds is 10. The van der Waals surface area contributed by atoms with E-state index in [4.69, 9.17) is 0 Å². The van der Waals surface area contributed by atoms with Crippen LogP contribution in [0.4, 0.5) is 0 Å². The highest BCUT2D eigenvalue weighted by atomic mass is 16.4. The van der Waals surface area contributed by atoms with E-state index in [1.807, 2.05) is 58.0 Å². The van der Waals surface area contributed by atoms with Crippen LogP contribution in [-0.2, 0) is 19.8 Å². The first-order valence-corrected chi connectivity index (χ1v) is 9.12. The number of carboxylic acids is 1. The third kappa shape index (κ3) is 5.58. The molecule has 26 heavy (non-hydrogen) atoms. The Kier molecular flexibility index (Phi) is 8.29. The molecule has 1 aromatic rings. The zero-order valence-corrected chi connectivity index (χ0v) is 16.0. The van der Waals surface area contributed by atoms with Crippen LogP contribution in [0.3, 0.4) is 0 Å². The van der Waals surface area contributed by atoms with E-state index < -0.39 is 23.3 Å². The highest BCUT2D eigenvalue weighted by Gasteiger charge is 2.36. The molecule has 0 unspecified atom stereocenters. The first-order valence-electron chi connectivity index (χ1n) is 9.12. The minimum Gasteiger partial charge on any atom is -0.480 e. The molecule has 0 radical (unpaired) electrons. The maximum absolute atomic E-state index is 12.8. The van der Waals surface area contributed by atoms with Crippen molar-refractivity contribution in [2.75, 3.05) is 6.54 Å².